The van der Waals surface area contributed by atoms with Crippen molar-refractivity contribution >= 4 is 44.4 Å². The van der Waals surface area contributed by atoms with Crippen LogP contribution in [0.25, 0.3) is 55.3 Å². The molecule has 0 fully saturated rings. The van der Waals surface area contributed by atoms with E-state index in [2.05, 4.69) is 141 Å². The summed E-state index contributed by atoms with van der Waals surface area (Å²) in [6, 6.07) is 31.0. The largest absolute Gasteiger partial charge is 0.368 e. The van der Waals surface area contributed by atoms with Crippen LogP contribution >= 0.6 is 0 Å². The maximum Gasteiger partial charge on any atom is 0.132 e. The number of nitrogens with one attached hydrogen (secondary N) is 1. The van der Waals surface area contributed by atoms with Crippen LogP contribution in [0.4, 0.5) is 5.69 Å². The minimum Gasteiger partial charge on any atom is -0.368 e. The second-order valence-corrected chi connectivity index (χ2v) is 13.8. The molecule has 0 bridgehead atoms. The Morgan fingerprint density at radius 3 is 1.86 bits per heavy atom. The van der Waals surface area contributed by atoms with Gasteiger partial charge in [0.25, 0.3) is 0 Å². The summed E-state index contributed by atoms with van der Waals surface area (Å²) in [7, 11) is 0. The van der Waals surface area contributed by atoms with Crippen LogP contribution in [0, 0.1) is 19.8 Å². The van der Waals surface area contributed by atoms with Gasteiger partial charge < -0.3 is 14.5 Å². The summed E-state index contributed by atoms with van der Waals surface area (Å²) < 4.78 is 4.72. The number of aliphatic imine (C=N–C) groups is 1. The lowest BCUT2D eigenvalue weighted by Crippen LogP contribution is -2.32. The molecule has 4 aromatic carbocycles. The number of hydrogen-bond acceptors (Lipinski definition) is 4. The average molecular weight is 659 g/mol. The third-order valence-electron chi connectivity index (χ3n) is 11.0. The SMILES string of the molecule is CCC(CC)C1=Nc2c(n(-c3ccc(-c4ccc(-n5c6ccccc6c6nc(C(CC)CC)ncc65)cc4C)c(C)c3)c3ccccc23)CN1. The zero-order valence-corrected chi connectivity index (χ0v) is 30.1. The fourth-order valence-electron chi connectivity index (χ4n) is 8.16. The van der Waals surface area contributed by atoms with E-state index in [1.54, 1.807) is 0 Å². The van der Waals surface area contributed by atoms with Crippen molar-refractivity contribution in [3.63, 3.8) is 0 Å². The van der Waals surface area contributed by atoms with Crippen LogP contribution in [-0.2, 0) is 6.54 Å². The molecule has 0 amide bonds. The highest BCUT2D eigenvalue weighted by Gasteiger charge is 2.25. The van der Waals surface area contributed by atoms with Gasteiger partial charge in [-0.1, -0.05) is 76.2 Å². The van der Waals surface area contributed by atoms with Gasteiger partial charge in [0.05, 0.1) is 40.7 Å². The molecule has 0 unspecified atom stereocenters. The van der Waals surface area contributed by atoms with E-state index in [1.165, 1.54) is 44.5 Å². The van der Waals surface area contributed by atoms with E-state index in [-0.39, 0.29) is 0 Å². The zero-order valence-electron chi connectivity index (χ0n) is 30.1. The molecule has 0 radical (unpaired) electrons. The Morgan fingerprint density at radius 1 is 0.660 bits per heavy atom. The van der Waals surface area contributed by atoms with Gasteiger partial charge in [0.15, 0.2) is 0 Å². The first-order valence-electron chi connectivity index (χ1n) is 18.4. The smallest absolute Gasteiger partial charge is 0.132 e. The maximum atomic E-state index is 5.22. The third kappa shape index (κ3) is 5.12. The molecule has 0 saturated carbocycles. The molecule has 6 nitrogen and oxygen atoms in total. The molecule has 4 heterocycles. The van der Waals surface area contributed by atoms with Gasteiger partial charge in [-0.05, 0) is 98.2 Å². The molecule has 3 aromatic heterocycles. The van der Waals surface area contributed by atoms with Crippen LogP contribution in [0.15, 0.2) is 96.1 Å². The molecule has 7 aromatic rings. The quantitative estimate of drug-likeness (QED) is 0.168. The van der Waals surface area contributed by atoms with Crippen LogP contribution in [0.5, 0.6) is 0 Å². The summed E-state index contributed by atoms with van der Waals surface area (Å²) in [6.07, 6.45) is 6.28. The number of para-hydroxylation sites is 2. The van der Waals surface area contributed by atoms with Gasteiger partial charge >= 0.3 is 0 Å². The third-order valence-corrected chi connectivity index (χ3v) is 11.0. The van der Waals surface area contributed by atoms with Crippen molar-refractivity contribution in [1.82, 2.24) is 24.4 Å². The summed E-state index contributed by atoms with van der Waals surface area (Å²) in [5, 5.41) is 6.05. The second-order valence-electron chi connectivity index (χ2n) is 13.8. The minimum atomic E-state index is 0.372. The molecule has 6 heteroatoms. The van der Waals surface area contributed by atoms with Crippen LogP contribution in [0.1, 0.15) is 81.9 Å². The fourth-order valence-corrected chi connectivity index (χ4v) is 8.16. The summed E-state index contributed by atoms with van der Waals surface area (Å²) >= 11 is 0. The number of hydrogen-bond donors (Lipinski definition) is 1. The van der Waals surface area contributed by atoms with E-state index in [4.69, 9.17) is 15.0 Å². The van der Waals surface area contributed by atoms with E-state index in [0.717, 1.165) is 77.2 Å². The Kier molecular flexibility index (Phi) is 8.26. The molecule has 1 aliphatic rings. The number of nitrogens with zero attached hydrogens (tertiary/aromatic N) is 5. The van der Waals surface area contributed by atoms with Gasteiger partial charge in [0.1, 0.15) is 17.2 Å². The van der Waals surface area contributed by atoms with Gasteiger partial charge in [0, 0.05) is 34.0 Å². The normalized spacial score (nSPS) is 13.1. The van der Waals surface area contributed by atoms with Gasteiger partial charge in [-0.15, -0.1) is 0 Å². The van der Waals surface area contributed by atoms with Crippen molar-refractivity contribution in [2.75, 3.05) is 0 Å². The van der Waals surface area contributed by atoms with Gasteiger partial charge in [-0.2, -0.15) is 0 Å². The van der Waals surface area contributed by atoms with Crippen molar-refractivity contribution in [1.29, 1.82) is 0 Å². The molecule has 8 rings (SSSR count). The molecular weight excluding hydrogens is 613 g/mol. The summed E-state index contributed by atoms with van der Waals surface area (Å²) in [4.78, 5) is 15.2. The van der Waals surface area contributed by atoms with E-state index in [1.807, 2.05) is 6.20 Å². The van der Waals surface area contributed by atoms with Crippen LogP contribution in [0.2, 0.25) is 0 Å². The summed E-state index contributed by atoms with van der Waals surface area (Å²) in [5.41, 5.74) is 14.0. The number of aromatic nitrogens is 4. The van der Waals surface area contributed by atoms with Crippen molar-refractivity contribution in [3.8, 4) is 22.5 Å². The first-order chi connectivity index (χ1) is 24.4. The lowest BCUT2D eigenvalue weighted by molar-refractivity contribution is 0.605. The molecule has 1 aliphatic heterocycles. The Labute approximate surface area is 294 Å². The first-order valence-corrected chi connectivity index (χ1v) is 18.4. The second kappa shape index (κ2) is 12.9. The highest BCUT2D eigenvalue weighted by molar-refractivity contribution is 6.07. The molecule has 0 aliphatic carbocycles. The van der Waals surface area contributed by atoms with Crippen LogP contribution < -0.4 is 5.32 Å². The molecule has 1 N–H and O–H groups in total. The summed E-state index contributed by atoms with van der Waals surface area (Å²) in [6.45, 7) is 14.2. The lowest BCUT2D eigenvalue weighted by atomic mass is 9.95. The monoisotopic (exact) mass is 658 g/mol. The highest BCUT2D eigenvalue weighted by Crippen LogP contribution is 2.40. The predicted octanol–water partition coefficient (Wildman–Crippen LogP) is 11.3. The average Bonchev–Trinajstić information content (AvgIpc) is 3.65. The lowest BCUT2D eigenvalue weighted by Gasteiger charge is -2.23. The molecule has 0 spiro atoms. The predicted molar refractivity (Wildman–Crippen MR) is 209 cm³/mol. The number of amidine groups is 1. The van der Waals surface area contributed by atoms with Gasteiger partial charge in [-0.3, -0.25) is 0 Å². The van der Waals surface area contributed by atoms with Crippen LogP contribution in [-0.4, -0.2) is 24.9 Å². The molecule has 252 valence electrons. The van der Waals surface area contributed by atoms with Crippen molar-refractivity contribution in [3.05, 3.63) is 114 Å². The van der Waals surface area contributed by atoms with E-state index in [0.29, 0.717) is 11.8 Å². The van der Waals surface area contributed by atoms with Crippen molar-refractivity contribution < 1.29 is 0 Å². The number of rotatable bonds is 9. The minimum absolute atomic E-state index is 0.372. The van der Waals surface area contributed by atoms with Gasteiger partial charge in [-0.25, -0.2) is 15.0 Å². The standard InChI is InChI=1S/C44H46N6/c1-7-29(8-2)43-45-25-39-41(47-43)35-15-11-13-17-37(35)49(39)31-19-21-33(27(5)23-31)34-22-20-32(24-28(34)6)50-38-18-14-12-16-36(38)42-40(50)26-46-44(48-42)30(9-3)10-4/h11-25,29-30H,7-10,26H2,1-6H3,(H,46,48). The molecule has 50 heavy (non-hydrogen) atoms. The van der Waals surface area contributed by atoms with E-state index < -0.39 is 0 Å². The van der Waals surface area contributed by atoms with Crippen LogP contribution in [0.3, 0.4) is 0 Å². The topological polar surface area (TPSA) is 60.0 Å². The Morgan fingerprint density at radius 2 is 1.24 bits per heavy atom. The maximum absolute atomic E-state index is 5.22. The number of benzene rings is 4. The fraction of sp³-hybridized carbons (Fsp3) is 0.295. The number of fused-ring (bicyclic) bond motifs is 6. The highest BCUT2D eigenvalue weighted by atomic mass is 15.1. The molecule has 0 saturated heterocycles. The molecule has 0 atom stereocenters. The first kappa shape index (κ1) is 32.0. The van der Waals surface area contributed by atoms with E-state index >= 15 is 0 Å². The zero-order chi connectivity index (χ0) is 34.5. The Hall–Kier alpha value is -5.23. The summed E-state index contributed by atoms with van der Waals surface area (Å²) in [5.74, 6) is 2.89. The van der Waals surface area contributed by atoms with Gasteiger partial charge in [0.2, 0.25) is 0 Å². The van der Waals surface area contributed by atoms with Crippen molar-refractivity contribution in [2.24, 2.45) is 10.9 Å². The molecular formula is C44H46N6. The number of aryl methyl sites for hydroxylation is 2. The van der Waals surface area contributed by atoms with Crippen molar-refractivity contribution in [2.45, 2.75) is 79.7 Å². The van der Waals surface area contributed by atoms with E-state index in [9.17, 15) is 0 Å². The Bertz CT molecular complexity index is 2420. The Balaban J connectivity index is 1.19.